The third kappa shape index (κ3) is 5.80. The van der Waals surface area contributed by atoms with E-state index in [1.807, 2.05) is 0 Å². The summed E-state index contributed by atoms with van der Waals surface area (Å²) in [4.78, 5) is 43.2. The molecule has 5 heterocycles. The van der Waals surface area contributed by atoms with Gasteiger partial charge >= 0.3 is 12.1 Å². The fourth-order valence-electron chi connectivity index (χ4n) is 5.63. The molecule has 1 aliphatic carbocycles. The van der Waals surface area contributed by atoms with Gasteiger partial charge in [0, 0.05) is 51.3 Å². The molecule has 206 valence electrons. The van der Waals surface area contributed by atoms with Crippen molar-refractivity contribution in [3.05, 3.63) is 23.6 Å². The number of urea groups is 1. The van der Waals surface area contributed by atoms with Crippen LogP contribution in [0.1, 0.15) is 32.6 Å². The topological polar surface area (TPSA) is 116 Å². The van der Waals surface area contributed by atoms with Crippen molar-refractivity contribution in [2.24, 2.45) is 5.92 Å². The van der Waals surface area contributed by atoms with Crippen LogP contribution >= 0.6 is 11.3 Å². The van der Waals surface area contributed by atoms with Gasteiger partial charge in [-0.1, -0.05) is 18.3 Å². The molecular formula is C24H32F2N8O3S. The Labute approximate surface area is 223 Å². The normalized spacial score (nSPS) is 27.2. The number of aromatic nitrogens is 3. The highest BCUT2D eigenvalue weighted by Crippen LogP contribution is 2.36. The molecule has 0 spiro atoms. The Kier molecular flexibility index (Phi) is 7.88. The zero-order chi connectivity index (χ0) is 26.8. The van der Waals surface area contributed by atoms with E-state index < -0.39 is 29.5 Å². The standard InChI is InChI=1S/C24H32F2N8O3S/c1-3-33-12-14-4-5-15(33)10-18(14)37-24(36)30-20-6-8-27-21(29-20)34-9-7-16(25)17(13-34)32(2)23(35)31-22-28-11-19(26)38-22/h6,8,11,14-18H,3-5,7,9-10,12-13H2,1-2H3,(H,28,31,35)(H,27,29,30,36)/t14?,15-,16+,17-,18-/m0/s1. The van der Waals surface area contributed by atoms with Crippen molar-refractivity contribution in [3.63, 3.8) is 0 Å². The van der Waals surface area contributed by atoms with Crippen LogP contribution in [0.25, 0.3) is 0 Å². The van der Waals surface area contributed by atoms with Gasteiger partial charge in [-0.2, -0.15) is 9.37 Å². The van der Waals surface area contributed by atoms with Gasteiger partial charge in [0.25, 0.3) is 0 Å². The number of piperidine rings is 3. The SMILES string of the molecule is CCN1CC2CC[C@H]1C[C@@H]2OC(=O)Nc1ccnc(N2CC[C@@H](F)[C@@H](N(C)C(=O)Nc3ncc(F)s3)C2)n1. The fourth-order valence-corrected chi connectivity index (χ4v) is 6.16. The van der Waals surface area contributed by atoms with Crippen LogP contribution in [-0.4, -0.2) is 94.5 Å². The summed E-state index contributed by atoms with van der Waals surface area (Å²) in [5, 5.41) is 4.76. The van der Waals surface area contributed by atoms with Crippen LogP contribution in [0.3, 0.4) is 0 Å². The molecule has 1 unspecified atom stereocenters. The number of hydrogen-bond acceptors (Lipinski definition) is 9. The molecule has 2 bridgehead atoms. The largest absolute Gasteiger partial charge is 0.446 e. The minimum absolute atomic E-state index is 0.0974. The number of alkyl halides is 1. The van der Waals surface area contributed by atoms with Gasteiger partial charge in [0.05, 0.1) is 12.2 Å². The van der Waals surface area contributed by atoms with Gasteiger partial charge in [-0.25, -0.2) is 23.9 Å². The molecule has 6 rings (SSSR count). The summed E-state index contributed by atoms with van der Waals surface area (Å²) in [5.74, 6) is 0.937. The second kappa shape index (κ2) is 11.3. The van der Waals surface area contributed by atoms with E-state index in [2.05, 4.69) is 37.4 Å². The van der Waals surface area contributed by atoms with Gasteiger partial charge in [-0.3, -0.25) is 10.6 Å². The first-order valence-electron chi connectivity index (χ1n) is 12.9. The van der Waals surface area contributed by atoms with E-state index in [9.17, 15) is 18.4 Å². The number of nitrogens with one attached hydrogen (secondary N) is 2. The van der Waals surface area contributed by atoms with E-state index in [0.717, 1.165) is 38.5 Å². The van der Waals surface area contributed by atoms with Crippen molar-refractivity contribution >= 4 is 40.4 Å². The second-order valence-corrected chi connectivity index (χ2v) is 10.9. The van der Waals surface area contributed by atoms with Crippen molar-refractivity contribution in [3.8, 4) is 0 Å². The summed E-state index contributed by atoms with van der Waals surface area (Å²) in [7, 11) is 1.48. The van der Waals surface area contributed by atoms with Crippen LogP contribution in [0, 0.1) is 11.0 Å². The van der Waals surface area contributed by atoms with E-state index in [4.69, 9.17) is 4.74 Å². The van der Waals surface area contributed by atoms with Gasteiger partial charge in [-0.15, -0.1) is 0 Å². The van der Waals surface area contributed by atoms with Crippen LogP contribution in [0.4, 0.5) is 35.3 Å². The molecule has 5 atom stereocenters. The number of carbonyl (C=O) groups is 2. The number of nitrogens with zero attached hydrogens (tertiary/aromatic N) is 6. The number of hydrogen-bond donors (Lipinski definition) is 2. The van der Waals surface area contributed by atoms with Crippen molar-refractivity contribution in [1.82, 2.24) is 24.8 Å². The van der Waals surface area contributed by atoms with E-state index >= 15 is 0 Å². The Morgan fingerprint density at radius 1 is 1.24 bits per heavy atom. The van der Waals surface area contributed by atoms with Crippen molar-refractivity contribution in [2.75, 3.05) is 48.8 Å². The van der Waals surface area contributed by atoms with Gasteiger partial charge < -0.3 is 19.4 Å². The molecule has 2 aromatic heterocycles. The third-order valence-electron chi connectivity index (χ3n) is 7.72. The van der Waals surface area contributed by atoms with Crippen molar-refractivity contribution in [1.29, 1.82) is 0 Å². The van der Waals surface area contributed by atoms with Gasteiger partial charge in [0.1, 0.15) is 18.1 Å². The zero-order valence-electron chi connectivity index (χ0n) is 21.3. The number of ether oxygens (including phenoxy) is 1. The maximum Gasteiger partial charge on any atom is 0.413 e. The summed E-state index contributed by atoms with van der Waals surface area (Å²) < 4.78 is 33.8. The minimum Gasteiger partial charge on any atom is -0.446 e. The Morgan fingerprint density at radius 3 is 2.79 bits per heavy atom. The number of amides is 3. The number of fused-ring (bicyclic) bond motifs is 3. The molecule has 4 aliphatic rings. The predicted molar refractivity (Wildman–Crippen MR) is 139 cm³/mol. The summed E-state index contributed by atoms with van der Waals surface area (Å²) in [6.45, 7) is 4.61. The smallest absolute Gasteiger partial charge is 0.413 e. The highest BCUT2D eigenvalue weighted by atomic mass is 32.1. The highest BCUT2D eigenvalue weighted by molar-refractivity contribution is 7.14. The Bertz CT molecular complexity index is 1160. The first-order chi connectivity index (χ1) is 18.3. The van der Waals surface area contributed by atoms with Gasteiger partial charge in [0.2, 0.25) is 5.95 Å². The third-order valence-corrected chi connectivity index (χ3v) is 8.42. The van der Waals surface area contributed by atoms with Crippen LogP contribution < -0.4 is 15.5 Å². The predicted octanol–water partition coefficient (Wildman–Crippen LogP) is 3.57. The number of anilines is 3. The maximum absolute atomic E-state index is 14.8. The fraction of sp³-hybridized carbons (Fsp3) is 0.625. The minimum atomic E-state index is -1.26. The highest BCUT2D eigenvalue weighted by Gasteiger charge is 2.41. The number of thiazole rings is 1. The first-order valence-corrected chi connectivity index (χ1v) is 13.7. The lowest BCUT2D eigenvalue weighted by Crippen LogP contribution is -2.55. The Morgan fingerprint density at radius 2 is 2.08 bits per heavy atom. The van der Waals surface area contributed by atoms with E-state index in [1.54, 1.807) is 11.0 Å². The number of rotatable bonds is 6. The van der Waals surface area contributed by atoms with Crippen molar-refractivity contribution in [2.45, 2.75) is 57.0 Å². The lowest BCUT2D eigenvalue weighted by atomic mass is 9.77. The molecule has 38 heavy (non-hydrogen) atoms. The quantitative estimate of drug-likeness (QED) is 0.561. The zero-order valence-corrected chi connectivity index (χ0v) is 22.2. The van der Waals surface area contributed by atoms with E-state index in [-0.39, 0.29) is 30.0 Å². The Hall–Kier alpha value is -3.13. The molecule has 2 aromatic rings. The van der Waals surface area contributed by atoms with Crippen LogP contribution in [-0.2, 0) is 4.74 Å². The number of likely N-dealkylation sites (N-methyl/N-ethyl adjacent to an activating group) is 1. The average molecular weight is 551 g/mol. The molecule has 14 heteroatoms. The molecule has 2 N–H and O–H groups in total. The molecule has 0 radical (unpaired) electrons. The molecular weight excluding hydrogens is 518 g/mol. The second-order valence-electron chi connectivity index (χ2n) is 9.95. The lowest BCUT2D eigenvalue weighted by Gasteiger charge is -2.48. The molecule has 4 fully saturated rings. The summed E-state index contributed by atoms with van der Waals surface area (Å²) in [6, 6.07) is 0.653. The number of halogens is 2. The summed E-state index contributed by atoms with van der Waals surface area (Å²) in [5.41, 5.74) is 0. The van der Waals surface area contributed by atoms with Crippen LogP contribution in [0.2, 0.25) is 0 Å². The summed E-state index contributed by atoms with van der Waals surface area (Å²) >= 11 is 0.693. The summed E-state index contributed by atoms with van der Waals surface area (Å²) in [6.07, 6.45) is 3.82. The molecule has 0 aromatic carbocycles. The first kappa shape index (κ1) is 26.5. The number of carbonyl (C=O) groups excluding carboxylic acids is 2. The van der Waals surface area contributed by atoms with E-state index in [0.29, 0.717) is 35.8 Å². The van der Waals surface area contributed by atoms with Crippen molar-refractivity contribution < 1.29 is 23.1 Å². The van der Waals surface area contributed by atoms with Gasteiger partial charge in [0.15, 0.2) is 10.3 Å². The lowest BCUT2D eigenvalue weighted by molar-refractivity contribution is -0.0505. The Balaban J connectivity index is 1.18. The molecule has 11 nitrogen and oxygen atoms in total. The molecule has 3 amide bonds. The van der Waals surface area contributed by atoms with Crippen LogP contribution in [0.15, 0.2) is 18.5 Å². The molecule has 3 saturated heterocycles. The van der Waals surface area contributed by atoms with E-state index in [1.165, 1.54) is 18.1 Å². The monoisotopic (exact) mass is 550 g/mol. The average Bonchev–Trinajstić information content (AvgIpc) is 3.33. The molecule has 3 aliphatic heterocycles. The maximum atomic E-state index is 14.8. The van der Waals surface area contributed by atoms with Crippen LogP contribution in [0.5, 0.6) is 0 Å². The van der Waals surface area contributed by atoms with Gasteiger partial charge in [-0.05, 0) is 31.9 Å². The molecule has 1 saturated carbocycles.